The number of nitrogens with two attached hydrogens (primary N) is 1. The Bertz CT molecular complexity index is 575. The van der Waals surface area contributed by atoms with Crippen LogP contribution in [-0.2, 0) is 0 Å². The fraction of sp³-hybridized carbons (Fsp3) is 0.333. The molecule has 1 aromatic carbocycles. The zero-order chi connectivity index (χ0) is 14.8. The zero-order valence-corrected chi connectivity index (χ0v) is 12.4. The van der Waals surface area contributed by atoms with E-state index in [4.69, 9.17) is 5.73 Å². The summed E-state index contributed by atoms with van der Waals surface area (Å²) in [6.07, 6.45) is 1.53. The first-order valence-corrected chi connectivity index (χ1v) is 6.56. The van der Waals surface area contributed by atoms with Crippen molar-refractivity contribution >= 4 is 23.0 Å². The van der Waals surface area contributed by atoms with Crippen molar-refractivity contribution in [2.24, 2.45) is 0 Å². The van der Waals surface area contributed by atoms with E-state index in [1.165, 1.54) is 6.33 Å². The number of para-hydroxylation sites is 1. The summed E-state index contributed by atoms with van der Waals surface area (Å²) in [5.74, 6) is 1.35. The number of hydrogen-bond acceptors (Lipinski definition) is 5. The number of benzene rings is 1. The van der Waals surface area contributed by atoms with E-state index in [0.717, 1.165) is 5.69 Å². The Labute approximate surface area is 119 Å². The highest BCUT2D eigenvalue weighted by atomic mass is 15.2. The van der Waals surface area contributed by atoms with E-state index < -0.39 is 0 Å². The summed E-state index contributed by atoms with van der Waals surface area (Å²) in [6, 6.07) is 9.97. The van der Waals surface area contributed by atoms with Crippen LogP contribution in [0.4, 0.5) is 23.0 Å². The highest BCUT2D eigenvalue weighted by molar-refractivity contribution is 5.79. The lowest BCUT2D eigenvalue weighted by Gasteiger charge is -2.25. The molecule has 0 unspecified atom stereocenters. The van der Waals surface area contributed by atoms with Crippen molar-refractivity contribution in [1.29, 1.82) is 0 Å². The molecule has 2 rings (SSSR count). The molecular weight excluding hydrogens is 250 g/mol. The fourth-order valence-corrected chi connectivity index (χ4v) is 1.88. The Morgan fingerprint density at radius 3 is 2.35 bits per heavy atom. The van der Waals surface area contributed by atoms with Crippen LogP contribution in [0.1, 0.15) is 20.8 Å². The van der Waals surface area contributed by atoms with Gasteiger partial charge in [0.25, 0.3) is 0 Å². The standard InChI is InChI=1S/C15H21N5/c1-15(2,3)19-13-12(16)14(18-10-17-13)20(4)11-8-6-5-7-9-11/h5-10H,16H2,1-4H3,(H,17,18,19). The first kappa shape index (κ1) is 14.1. The second kappa shape index (κ2) is 5.36. The fourth-order valence-electron chi connectivity index (χ4n) is 1.88. The molecule has 0 fully saturated rings. The summed E-state index contributed by atoms with van der Waals surface area (Å²) in [5, 5.41) is 3.29. The molecule has 5 nitrogen and oxygen atoms in total. The Kier molecular flexibility index (Phi) is 3.79. The summed E-state index contributed by atoms with van der Waals surface area (Å²) in [5.41, 5.74) is 7.67. The highest BCUT2D eigenvalue weighted by Crippen LogP contribution is 2.31. The summed E-state index contributed by atoms with van der Waals surface area (Å²) >= 11 is 0. The van der Waals surface area contributed by atoms with Crippen molar-refractivity contribution in [3.05, 3.63) is 36.7 Å². The third-order valence-electron chi connectivity index (χ3n) is 2.82. The van der Waals surface area contributed by atoms with Gasteiger partial charge in [0.2, 0.25) is 0 Å². The molecule has 1 aromatic heterocycles. The minimum absolute atomic E-state index is 0.106. The van der Waals surface area contributed by atoms with Gasteiger partial charge in [-0.3, -0.25) is 0 Å². The van der Waals surface area contributed by atoms with Crippen LogP contribution in [0, 0.1) is 0 Å². The quantitative estimate of drug-likeness (QED) is 0.898. The van der Waals surface area contributed by atoms with Crippen molar-refractivity contribution in [3.63, 3.8) is 0 Å². The van der Waals surface area contributed by atoms with Gasteiger partial charge in [0.05, 0.1) is 0 Å². The van der Waals surface area contributed by atoms with Crippen LogP contribution in [0.25, 0.3) is 0 Å². The lowest BCUT2D eigenvalue weighted by atomic mass is 10.1. The Morgan fingerprint density at radius 2 is 1.75 bits per heavy atom. The molecule has 0 aliphatic heterocycles. The Hall–Kier alpha value is -2.30. The lowest BCUT2D eigenvalue weighted by molar-refractivity contribution is 0.630. The van der Waals surface area contributed by atoms with Crippen LogP contribution in [0.2, 0.25) is 0 Å². The van der Waals surface area contributed by atoms with Crippen LogP contribution < -0.4 is 16.0 Å². The van der Waals surface area contributed by atoms with Gasteiger partial charge in [0.1, 0.15) is 12.0 Å². The molecule has 0 atom stereocenters. The summed E-state index contributed by atoms with van der Waals surface area (Å²) in [7, 11) is 1.94. The smallest absolute Gasteiger partial charge is 0.161 e. The van der Waals surface area contributed by atoms with Crippen LogP contribution in [0.5, 0.6) is 0 Å². The molecule has 0 aliphatic carbocycles. The molecule has 0 aliphatic rings. The molecule has 0 spiro atoms. The van der Waals surface area contributed by atoms with Gasteiger partial charge in [-0.25, -0.2) is 9.97 Å². The number of aromatic nitrogens is 2. The van der Waals surface area contributed by atoms with Gasteiger partial charge in [0, 0.05) is 18.3 Å². The molecule has 5 heteroatoms. The number of nitrogens with zero attached hydrogens (tertiary/aromatic N) is 3. The summed E-state index contributed by atoms with van der Waals surface area (Å²) in [6.45, 7) is 6.19. The molecule has 0 bridgehead atoms. The minimum Gasteiger partial charge on any atom is -0.393 e. The van der Waals surface area contributed by atoms with Crippen LogP contribution in [-0.4, -0.2) is 22.6 Å². The van der Waals surface area contributed by atoms with Crippen LogP contribution in [0.15, 0.2) is 36.7 Å². The van der Waals surface area contributed by atoms with E-state index in [1.807, 2.05) is 42.3 Å². The SMILES string of the molecule is CN(c1ccccc1)c1ncnc(NC(C)(C)C)c1N. The number of rotatable bonds is 3. The predicted molar refractivity (Wildman–Crippen MR) is 84.3 cm³/mol. The van der Waals surface area contributed by atoms with E-state index in [-0.39, 0.29) is 5.54 Å². The Balaban J connectivity index is 2.36. The van der Waals surface area contributed by atoms with E-state index in [2.05, 4.69) is 36.1 Å². The second-order valence-electron chi connectivity index (χ2n) is 5.73. The number of nitrogen functional groups attached to an aromatic ring is 1. The topological polar surface area (TPSA) is 67.1 Å². The third-order valence-corrected chi connectivity index (χ3v) is 2.82. The maximum atomic E-state index is 6.20. The van der Waals surface area contributed by atoms with Gasteiger partial charge in [-0.2, -0.15) is 0 Å². The normalized spacial score (nSPS) is 11.2. The van der Waals surface area contributed by atoms with E-state index in [0.29, 0.717) is 17.3 Å². The largest absolute Gasteiger partial charge is 0.393 e. The van der Waals surface area contributed by atoms with Gasteiger partial charge in [-0.05, 0) is 32.9 Å². The Morgan fingerprint density at radius 1 is 1.10 bits per heavy atom. The monoisotopic (exact) mass is 271 g/mol. The van der Waals surface area contributed by atoms with Crippen molar-refractivity contribution in [2.45, 2.75) is 26.3 Å². The van der Waals surface area contributed by atoms with Crippen molar-refractivity contribution in [1.82, 2.24) is 9.97 Å². The maximum Gasteiger partial charge on any atom is 0.161 e. The molecule has 106 valence electrons. The zero-order valence-electron chi connectivity index (χ0n) is 12.4. The van der Waals surface area contributed by atoms with Gasteiger partial charge in [-0.15, -0.1) is 0 Å². The average Bonchev–Trinajstić information content (AvgIpc) is 2.40. The molecule has 20 heavy (non-hydrogen) atoms. The van der Waals surface area contributed by atoms with Gasteiger partial charge < -0.3 is 16.0 Å². The highest BCUT2D eigenvalue weighted by Gasteiger charge is 2.17. The molecule has 3 N–H and O–H groups in total. The van der Waals surface area contributed by atoms with Crippen molar-refractivity contribution in [3.8, 4) is 0 Å². The summed E-state index contributed by atoms with van der Waals surface area (Å²) in [4.78, 5) is 10.5. The van der Waals surface area contributed by atoms with Gasteiger partial charge >= 0.3 is 0 Å². The van der Waals surface area contributed by atoms with Crippen LogP contribution >= 0.6 is 0 Å². The molecule has 0 amide bonds. The number of anilines is 4. The lowest BCUT2D eigenvalue weighted by Crippen LogP contribution is -2.28. The van der Waals surface area contributed by atoms with Gasteiger partial charge in [0.15, 0.2) is 11.6 Å². The molecule has 0 saturated carbocycles. The first-order chi connectivity index (χ1) is 9.38. The molecule has 0 saturated heterocycles. The average molecular weight is 271 g/mol. The van der Waals surface area contributed by atoms with Crippen LogP contribution in [0.3, 0.4) is 0 Å². The van der Waals surface area contributed by atoms with E-state index in [9.17, 15) is 0 Å². The van der Waals surface area contributed by atoms with E-state index in [1.54, 1.807) is 0 Å². The molecule has 1 heterocycles. The maximum absolute atomic E-state index is 6.20. The molecule has 2 aromatic rings. The van der Waals surface area contributed by atoms with E-state index >= 15 is 0 Å². The predicted octanol–water partition coefficient (Wildman–Crippen LogP) is 3.04. The third kappa shape index (κ3) is 3.17. The number of nitrogens with one attached hydrogen (secondary N) is 1. The van der Waals surface area contributed by atoms with Gasteiger partial charge in [-0.1, -0.05) is 18.2 Å². The second-order valence-corrected chi connectivity index (χ2v) is 5.73. The van der Waals surface area contributed by atoms with Crippen molar-refractivity contribution < 1.29 is 0 Å². The molecule has 0 radical (unpaired) electrons. The summed E-state index contributed by atoms with van der Waals surface area (Å²) < 4.78 is 0. The molecular formula is C15H21N5. The first-order valence-electron chi connectivity index (χ1n) is 6.56. The van der Waals surface area contributed by atoms with Crippen molar-refractivity contribution in [2.75, 3.05) is 23.0 Å². The minimum atomic E-state index is -0.106. The number of hydrogen-bond donors (Lipinski definition) is 2.